The number of aromatic nitrogens is 2. The third-order valence-electron chi connectivity index (χ3n) is 2.80. The molecule has 0 bridgehead atoms. The zero-order chi connectivity index (χ0) is 14.0. The maximum atomic E-state index is 5.87. The van der Waals surface area contributed by atoms with Gasteiger partial charge < -0.3 is 10.5 Å². The third kappa shape index (κ3) is 3.02. The minimum Gasteiger partial charge on any atom is -0.497 e. The molecule has 2 N–H and O–H groups in total. The normalized spacial score (nSPS) is 11.4. The molecule has 0 aliphatic heterocycles. The van der Waals surface area contributed by atoms with E-state index in [1.54, 1.807) is 13.2 Å². The predicted molar refractivity (Wildman–Crippen MR) is 77.1 cm³/mol. The van der Waals surface area contributed by atoms with E-state index in [1.165, 1.54) is 0 Å². The molecule has 0 amide bonds. The van der Waals surface area contributed by atoms with E-state index in [9.17, 15) is 0 Å². The highest BCUT2D eigenvalue weighted by Crippen LogP contribution is 2.25. The van der Waals surface area contributed by atoms with Crippen LogP contribution in [-0.4, -0.2) is 17.1 Å². The van der Waals surface area contributed by atoms with Crippen LogP contribution in [0.1, 0.15) is 26.6 Å². The number of methoxy groups -OCH3 is 1. The summed E-state index contributed by atoms with van der Waals surface area (Å²) >= 11 is 0. The molecule has 1 aromatic heterocycles. The minimum absolute atomic E-state index is 0.128. The third-order valence-corrected chi connectivity index (χ3v) is 2.80. The fourth-order valence-electron chi connectivity index (χ4n) is 1.71. The zero-order valence-electron chi connectivity index (χ0n) is 11.8. The Kier molecular flexibility index (Phi) is 3.42. The van der Waals surface area contributed by atoms with Crippen molar-refractivity contribution in [1.29, 1.82) is 0 Å². The number of hydrogen-bond donors (Lipinski definition) is 1. The molecule has 100 valence electrons. The summed E-state index contributed by atoms with van der Waals surface area (Å²) in [4.78, 5) is 8.90. The average Bonchev–Trinajstić information content (AvgIpc) is 2.37. The first kappa shape index (κ1) is 13.3. The Balaban J connectivity index is 2.46. The van der Waals surface area contributed by atoms with Crippen molar-refractivity contribution in [3.63, 3.8) is 0 Å². The SMILES string of the molecule is COc1ccc(-c2cc(N)nc(C(C)(C)C)n2)cc1. The van der Waals surface area contributed by atoms with Gasteiger partial charge in [-0.15, -0.1) is 0 Å². The lowest BCUT2D eigenvalue weighted by molar-refractivity contribution is 0.415. The topological polar surface area (TPSA) is 61.0 Å². The number of hydrogen-bond acceptors (Lipinski definition) is 4. The van der Waals surface area contributed by atoms with Gasteiger partial charge in [0, 0.05) is 17.0 Å². The van der Waals surface area contributed by atoms with Gasteiger partial charge in [0.1, 0.15) is 17.4 Å². The summed E-state index contributed by atoms with van der Waals surface area (Å²) in [6.07, 6.45) is 0. The van der Waals surface area contributed by atoms with Crippen molar-refractivity contribution in [2.45, 2.75) is 26.2 Å². The Labute approximate surface area is 113 Å². The van der Waals surface area contributed by atoms with Gasteiger partial charge in [-0.25, -0.2) is 9.97 Å². The van der Waals surface area contributed by atoms with Crippen molar-refractivity contribution < 1.29 is 4.74 Å². The molecular weight excluding hydrogens is 238 g/mol. The molecule has 1 heterocycles. The molecule has 4 heteroatoms. The summed E-state index contributed by atoms with van der Waals surface area (Å²) in [7, 11) is 1.65. The van der Waals surface area contributed by atoms with E-state index >= 15 is 0 Å². The highest BCUT2D eigenvalue weighted by atomic mass is 16.5. The van der Waals surface area contributed by atoms with Gasteiger partial charge in [0.15, 0.2) is 0 Å². The number of rotatable bonds is 2. The summed E-state index contributed by atoms with van der Waals surface area (Å²) in [6.45, 7) is 6.21. The van der Waals surface area contributed by atoms with Crippen LogP contribution in [0.3, 0.4) is 0 Å². The molecule has 0 unspecified atom stereocenters. The van der Waals surface area contributed by atoms with Gasteiger partial charge in [-0.3, -0.25) is 0 Å². The van der Waals surface area contributed by atoms with Crippen LogP contribution < -0.4 is 10.5 Å². The van der Waals surface area contributed by atoms with Gasteiger partial charge in [-0.2, -0.15) is 0 Å². The van der Waals surface area contributed by atoms with E-state index in [0.717, 1.165) is 22.8 Å². The molecule has 0 saturated heterocycles. The van der Waals surface area contributed by atoms with Crippen LogP contribution in [-0.2, 0) is 5.41 Å². The van der Waals surface area contributed by atoms with Crippen molar-refractivity contribution in [2.75, 3.05) is 12.8 Å². The van der Waals surface area contributed by atoms with E-state index in [0.29, 0.717) is 5.82 Å². The highest BCUT2D eigenvalue weighted by molar-refractivity contribution is 5.62. The summed E-state index contributed by atoms with van der Waals surface area (Å²) in [5, 5.41) is 0. The van der Waals surface area contributed by atoms with Crippen LogP contribution in [0.2, 0.25) is 0 Å². The lowest BCUT2D eigenvalue weighted by atomic mass is 9.95. The minimum atomic E-state index is -0.128. The molecule has 0 atom stereocenters. The van der Waals surface area contributed by atoms with Gasteiger partial charge in [0.05, 0.1) is 12.8 Å². The lowest BCUT2D eigenvalue weighted by Gasteiger charge is -2.17. The summed E-state index contributed by atoms with van der Waals surface area (Å²) in [5.74, 6) is 2.06. The summed E-state index contributed by atoms with van der Waals surface area (Å²) < 4.78 is 5.15. The Bertz CT molecular complexity index is 571. The van der Waals surface area contributed by atoms with Gasteiger partial charge >= 0.3 is 0 Å². The fourth-order valence-corrected chi connectivity index (χ4v) is 1.71. The Hall–Kier alpha value is -2.10. The standard InChI is InChI=1S/C15H19N3O/c1-15(2,3)14-17-12(9-13(16)18-14)10-5-7-11(19-4)8-6-10/h5-9H,1-4H3,(H2,16,17,18). The Morgan fingerprint density at radius 1 is 1.05 bits per heavy atom. The maximum absolute atomic E-state index is 5.87. The fraction of sp³-hybridized carbons (Fsp3) is 0.333. The van der Waals surface area contributed by atoms with E-state index in [2.05, 4.69) is 30.7 Å². The van der Waals surface area contributed by atoms with Crippen molar-refractivity contribution in [3.05, 3.63) is 36.2 Å². The number of anilines is 1. The lowest BCUT2D eigenvalue weighted by Crippen LogP contribution is -2.17. The van der Waals surface area contributed by atoms with Gasteiger partial charge in [-0.05, 0) is 24.3 Å². The van der Waals surface area contributed by atoms with Crippen molar-refractivity contribution in [1.82, 2.24) is 9.97 Å². The summed E-state index contributed by atoms with van der Waals surface area (Å²) in [6, 6.07) is 9.53. The van der Waals surface area contributed by atoms with E-state index in [1.807, 2.05) is 24.3 Å². The maximum Gasteiger partial charge on any atom is 0.136 e. The predicted octanol–water partition coefficient (Wildman–Crippen LogP) is 3.03. The first-order valence-electron chi connectivity index (χ1n) is 6.19. The molecule has 0 aliphatic rings. The molecule has 0 spiro atoms. The smallest absolute Gasteiger partial charge is 0.136 e. The van der Waals surface area contributed by atoms with Crippen LogP contribution in [0.15, 0.2) is 30.3 Å². The van der Waals surface area contributed by atoms with Crippen molar-refractivity contribution >= 4 is 5.82 Å². The largest absolute Gasteiger partial charge is 0.497 e. The van der Waals surface area contributed by atoms with Gasteiger partial charge in [0.2, 0.25) is 0 Å². The highest BCUT2D eigenvalue weighted by Gasteiger charge is 2.19. The second kappa shape index (κ2) is 4.88. The zero-order valence-corrected chi connectivity index (χ0v) is 11.8. The van der Waals surface area contributed by atoms with Crippen LogP contribution >= 0.6 is 0 Å². The molecular formula is C15H19N3O. The molecule has 2 aromatic rings. The molecule has 0 fully saturated rings. The molecule has 4 nitrogen and oxygen atoms in total. The molecule has 0 radical (unpaired) electrons. The molecule has 19 heavy (non-hydrogen) atoms. The second-order valence-corrected chi connectivity index (χ2v) is 5.48. The van der Waals surface area contributed by atoms with E-state index < -0.39 is 0 Å². The van der Waals surface area contributed by atoms with Crippen molar-refractivity contribution in [2.24, 2.45) is 0 Å². The summed E-state index contributed by atoms with van der Waals surface area (Å²) in [5.41, 5.74) is 7.58. The van der Waals surface area contributed by atoms with Crippen LogP contribution in [0.4, 0.5) is 5.82 Å². The van der Waals surface area contributed by atoms with Gasteiger partial charge in [-0.1, -0.05) is 20.8 Å². The molecule has 0 saturated carbocycles. The van der Waals surface area contributed by atoms with Gasteiger partial charge in [0.25, 0.3) is 0 Å². The average molecular weight is 257 g/mol. The first-order valence-corrected chi connectivity index (χ1v) is 6.19. The van der Waals surface area contributed by atoms with Crippen molar-refractivity contribution in [3.8, 4) is 17.0 Å². The van der Waals surface area contributed by atoms with E-state index in [4.69, 9.17) is 10.5 Å². The number of nitrogen functional groups attached to an aromatic ring is 1. The Morgan fingerprint density at radius 2 is 1.68 bits per heavy atom. The second-order valence-electron chi connectivity index (χ2n) is 5.48. The molecule has 1 aromatic carbocycles. The first-order chi connectivity index (χ1) is 8.90. The van der Waals surface area contributed by atoms with E-state index in [-0.39, 0.29) is 5.41 Å². The number of ether oxygens (including phenoxy) is 1. The van der Waals surface area contributed by atoms with Crippen LogP contribution in [0.25, 0.3) is 11.3 Å². The molecule has 0 aliphatic carbocycles. The quantitative estimate of drug-likeness (QED) is 0.898. The van der Waals surface area contributed by atoms with Crippen LogP contribution in [0, 0.1) is 0 Å². The monoisotopic (exact) mass is 257 g/mol. The van der Waals surface area contributed by atoms with Crippen LogP contribution in [0.5, 0.6) is 5.75 Å². The number of nitrogens with two attached hydrogens (primary N) is 1. The Morgan fingerprint density at radius 3 is 2.21 bits per heavy atom. The molecule has 2 rings (SSSR count). The number of nitrogens with zero attached hydrogens (tertiary/aromatic N) is 2. The number of benzene rings is 1.